The highest BCUT2D eigenvalue weighted by Gasteiger charge is 2.33. The Morgan fingerprint density at radius 3 is 2.51 bits per heavy atom. The Bertz CT molecular complexity index is 1540. The van der Waals surface area contributed by atoms with Gasteiger partial charge in [-0.3, -0.25) is 18.9 Å². The molecule has 0 radical (unpaired) electrons. The van der Waals surface area contributed by atoms with Crippen molar-refractivity contribution < 1.29 is 14.3 Å². The van der Waals surface area contributed by atoms with Gasteiger partial charge in [-0.25, -0.2) is 9.78 Å². The van der Waals surface area contributed by atoms with Gasteiger partial charge in [-0.05, 0) is 44.0 Å². The first-order valence-corrected chi connectivity index (χ1v) is 14.0. The lowest BCUT2D eigenvalue weighted by atomic mass is 10.1. The second-order valence-corrected chi connectivity index (χ2v) is 11.1. The summed E-state index contributed by atoms with van der Waals surface area (Å²) in [7, 11) is 0. The lowest BCUT2D eigenvalue weighted by Crippen LogP contribution is -2.49. The number of benzene rings is 1. The van der Waals surface area contributed by atoms with Gasteiger partial charge in [0.05, 0.1) is 23.6 Å². The van der Waals surface area contributed by atoms with Crippen LogP contribution in [0.25, 0.3) is 11.7 Å². The molecule has 0 aliphatic carbocycles. The fourth-order valence-corrected chi connectivity index (χ4v) is 5.86. The van der Waals surface area contributed by atoms with E-state index in [0.717, 1.165) is 16.7 Å². The quantitative estimate of drug-likeness (QED) is 0.340. The highest BCUT2D eigenvalue weighted by atomic mass is 32.2. The molecule has 1 aromatic carbocycles. The molecule has 2 aliphatic rings. The third-order valence-corrected chi connectivity index (χ3v) is 8.16. The van der Waals surface area contributed by atoms with Gasteiger partial charge in [0.1, 0.15) is 15.8 Å². The Hall–Kier alpha value is -3.70. The van der Waals surface area contributed by atoms with Crippen molar-refractivity contribution in [2.24, 2.45) is 0 Å². The molecular formula is C28H29N5O4S2. The monoisotopic (exact) mass is 563 g/mol. The van der Waals surface area contributed by atoms with Gasteiger partial charge >= 0.3 is 6.09 Å². The molecule has 5 rings (SSSR count). The van der Waals surface area contributed by atoms with E-state index in [2.05, 4.69) is 0 Å². The molecule has 0 atom stereocenters. The molecule has 11 heteroatoms. The van der Waals surface area contributed by atoms with Gasteiger partial charge in [0, 0.05) is 32.4 Å². The van der Waals surface area contributed by atoms with Gasteiger partial charge in [-0.15, -0.1) is 0 Å². The average molecular weight is 564 g/mol. The van der Waals surface area contributed by atoms with Crippen LogP contribution >= 0.6 is 24.0 Å². The number of hydrogen-bond acceptors (Lipinski definition) is 8. The minimum absolute atomic E-state index is 0.239. The first-order valence-electron chi connectivity index (χ1n) is 12.8. The Labute approximate surface area is 236 Å². The molecule has 0 N–H and O–H groups in total. The van der Waals surface area contributed by atoms with E-state index in [9.17, 15) is 14.4 Å². The fraction of sp³-hybridized carbons (Fsp3) is 0.321. The molecule has 4 heterocycles. The molecule has 2 amide bonds. The van der Waals surface area contributed by atoms with Gasteiger partial charge in [0.15, 0.2) is 0 Å². The Balaban J connectivity index is 1.50. The van der Waals surface area contributed by atoms with E-state index in [1.165, 1.54) is 16.2 Å². The van der Waals surface area contributed by atoms with E-state index in [0.29, 0.717) is 65.6 Å². The molecule has 9 nitrogen and oxygen atoms in total. The fourth-order valence-electron chi connectivity index (χ4n) is 4.63. The second kappa shape index (κ2) is 11.2. The predicted molar refractivity (Wildman–Crippen MR) is 157 cm³/mol. The van der Waals surface area contributed by atoms with Gasteiger partial charge in [-0.1, -0.05) is 59.9 Å². The molecular weight excluding hydrogens is 534 g/mol. The number of thiocarbonyl (C=S) groups is 1. The molecule has 0 saturated carbocycles. The van der Waals surface area contributed by atoms with Crippen molar-refractivity contribution in [1.29, 1.82) is 0 Å². The van der Waals surface area contributed by atoms with Crippen LogP contribution in [-0.2, 0) is 16.1 Å². The number of amides is 2. The van der Waals surface area contributed by atoms with Crippen LogP contribution < -0.4 is 10.5 Å². The summed E-state index contributed by atoms with van der Waals surface area (Å²) in [4.78, 5) is 49.9. The van der Waals surface area contributed by atoms with E-state index in [1.54, 1.807) is 35.1 Å². The number of thioether (sulfide) groups is 1. The largest absolute Gasteiger partial charge is 0.450 e. The van der Waals surface area contributed by atoms with Crippen molar-refractivity contribution in [1.82, 2.24) is 19.2 Å². The highest BCUT2D eigenvalue weighted by molar-refractivity contribution is 8.26. The minimum Gasteiger partial charge on any atom is -0.450 e. The molecule has 2 aromatic heterocycles. The number of piperazine rings is 1. The van der Waals surface area contributed by atoms with E-state index >= 15 is 0 Å². The summed E-state index contributed by atoms with van der Waals surface area (Å²) in [6, 6.07) is 11.7. The Morgan fingerprint density at radius 1 is 1.10 bits per heavy atom. The van der Waals surface area contributed by atoms with E-state index in [-0.39, 0.29) is 17.6 Å². The Morgan fingerprint density at radius 2 is 1.82 bits per heavy atom. The summed E-state index contributed by atoms with van der Waals surface area (Å²) in [5.74, 6) is 0.249. The Kier molecular flexibility index (Phi) is 7.72. The molecule has 2 aliphatic heterocycles. The lowest BCUT2D eigenvalue weighted by Gasteiger charge is -2.35. The molecule has 0 bridgehead atoms. The molecule has 2 fully saturated rings. The minimum atomic E-state index is -0.350. The number of anilines is 1. The third kappa shape index (κ3) is 5.41. The van der Waals surface area contributed by atoms with Crippen LogP contribution in [0.1, 0.15) is 29.2 Å². The highest BCUT2D eigenvalue weighted by Crippen LogP contribution is 2.34. The van der Waals surface area contributed by atoms with Crippen LogP contribution in [0.5, 0.6) is 0 Å². The maximum Gasteiger partial charge on any atom is 0.409 e. The number of ether oxygens (including phenoxy) is 1. The molecule has 39 heavy (non-hydrogen) atoms. The zero-order chi connectivity index (χ0) is 27.7. The summed E-state index contributed by atoms with van der Waals surface area (Å²) in [5.41, 5.74) is 3.57. The number of carbonyl (C=O) groups is 2. The van der Waals surface area contributed by atoms with Crippen molar-refractivity contribution in [2.45, 2.75) is 27.3 Å². The van der Waals surface area contributed by atoms with Gasteiger partial charge in [0.25, 0.3) is 11.5 Å². The number of nitrogens with zero attached hydrogens (tertiary/aromatic N) is 5. The van der Waals surface area contributed by atoms with Crippen molar-refractivity contribution >= 4 is 57.8 Å². The van der Waals surface area contributed by atoms with Gasteiger partial charge in [0.2, 0.25) is 0 Å². The number of carbonyl (C=O) groups excluding carboxylic acids is 2. The normalized spacial score (nSPS) is 17.0. The molecule has 2 saturated heterocycles. The van der Waals surface area contributed by atoms with Crippen LogP contribution in [0.15, 0.2) is 52.3 Å². The smallest absolute Gasteiger partial charge is 0.409 e. The van der Waals surface area contributed by atoms with Crippen LogP contribution in [0, 0.1) is 13.8 Å². The lowest BCUT2D eigenvalue weighted by molar-refractivity contribution is -0.122. The summed E-state index contributed by atoms with van der Waals surface area (Å²) in [6.45, 7) is 8.19. The number of aryl methyl sites for hydroxylation is 2. The topological polar surface area (TPSA) is 87.5 Å². The molecule has 0 unspecified atom stereocenters. The number of pyridine rings is 1. The number of fused-ring (bicyclic) bond motifs is 1. The summed E-state index contributed by atoms with van der Waals surface area (Å²) in [6.07, 6.45) is 2.95. The maximum absolute atomic E-state index is 13.8. The van der Waals surface area contributed by atoms with Gasteiger partial charge in [-0.2, -0.15) is 0 Å². The SMILES string of the molecule is CCOC(=O)N1CCN(c2nc3c(C)cccn3c(=O)c2/C=C2/SC(=S)N(Cc3ccc(C)cc3)C2=O)CC1. The predicted octanol–water partition coefficient (Wildman–Crippen LogP) is 3.99. The summed E-state index contributed by atoms with van der Waals surface area (Å²) in [5, 5.41) is 0. The number of rotatable bonds is 5. The standard InChI is InChI=1S/C28H29N5O4S2/c1-4-37-27(36)31-14-12-30(13-15-31)24-21(25(34)32-11-5-6-19(3)23(32)29-24)16-22-26(35)33(28(38)39-22)17-20-9-7-18(2)8-10-20/h5-11,16H,4,12-15,17H2,1-3H3/b22-16+. The van der Waals surface area contributed by atoms with Crippen LogP contribution in [0.3, 0.4) is 0 Å². The van der Waals surface area contributed by atoms with Crippen molar-refractivity contribution in [3.8, 4) is 0 Å². The van der Waals surface area contributed by atoms with Crippen LogP contribution in [0.4, 0.5) is 10.6 Å². The first kappa shape index (κ1) is 26.9. The molecule has 202 valence electrons. The van der Waals surface area contributed by atoms with E-state index in [4.69, 9.17) is 21.9 Å². The van der Waals surface area contributed by atoms with Gasteiger partial charge < -0.3 is 14.5 Å². The molecule has 0 spiro atoms. The molecule has 3 aromatic rings. The van der Waals surface area contributed by atoms with Crippen molar-refractivity contribution in [2.75, 3.05) is 37.7 Å². The first-order chi connectivity index (χ1) is 18.8. The van der Waals surface area contributed by atoms with Crippen molar-refractivity contribution in [3.05, 3.63) is 80.1 Å². The summed E-state index contributed by atoms with van der Waals surface area (Å²) < 4.78 is 7.09. The van der Waals surface area contributed by atoms with E-state index < -0.39 is 0 Å². The number of aromatic nitrogens is 2. The van der Waals surface area contributed by atoms with Crippen molar-refractivity contribution in [3.63, 3.8) is 0 Å². The third-order valence-electron chi connectivity index (χ3n) is 6.78. The maximum atomic E-state index is 13.8. The summed E-state index contributed by atoms with van der Waals surface area (Å²) >= 11 is 6.73. The average Bonchev–Trinajstić information content (AvgIpc) is 3.19. The van der Waals surface area contributed by atoms with Crippen LogP contribution in [-0.4, -0.2) is 68.3 Å². The zero-order valence-corrected chi connectivity index (χ0v) is 23.7. The second-order valence-electron chi connectivity index (χ2n) is 9.47. The zero-order valence-electron chi connectivity index (χ0n) is 22.0. The van der Waals surface area contributed by atoms with E-state index in [1.807, 2.05) is 49.1 Å². The number of hydrogen-bond donors (Lipinski definition) is 0. The van der Waals surface area contributed by atoms with Crippen LogP contribution in [0.2, 0.25) is 0 Å².